The molecule has 106 valence electrons. The van der Waals surface area contributed by atoms with Crippen LogP contribution in [-0.2, 0) is 21.3 Å². The second kappa shape index (κ2) is 6.47. The topological polar surface area (TPSA) is 72.2 Å². The van der Waals surface area contributed by atoms with Crippen molar-refractivity contribution < 1.29 is 13.5 Å². The fraction of sp³-hybridized carbons (Fsp3) is 0.286. The van der Waals surface area contributed by atoms with Crippen molar-refractivity contribution in [3.8, 4) is 0 Å². The highest BCUT2D eigenvalue weighted by atomic mass is 32.2. The fourth-order valence-electron chi connectivity index (χ4n) is 1.64. The number of rotatable bonds is 5. The summed E-state index contributed by atoms with van der Waals surface area (Å²) in [7, 11) is -1.34. The molecule has 1 heterocycles. The van der Waals surface area contributed by atoms with Crippen LogP contribution in [0.5, 0.6) is 0 Å². The lowest BCUT2D eigenvalue weighted by atomic mass is 10.3. The number of carbonyl (C=O) groups excluding carboxylic acids is 1. The number of benzene rings is 1. The standard InChI is InChI=1S/C14H16N2O3S/c1-10-8-13(16-19-10)9-20(18)11(2)14(17)15-12-6-4-3-5-7-12/h3-8,11H,9H2,1-2H3,(H,15,17)/t11-,20+/m1/s1. The summed E-state index contributed by atoms with van der Waals surface area (Å²) in [5, 5.41) is 5.90. The predicted octanol–water partition coefficient (Wildman–Crippen LogP) is 2.26. The van der Waals surface area contributed by atoms with E-state index in [2.05, 4.69) is 10.5 Å². The number of carbonyl (C=O) groups is 1. The van der Waals surface area contributed by atoms with Gasteiger partial charge in [0.25, 0.3) is 0 Å². The van der Waals surface area contributed by atoms with Crippen LogP contribution in [-0.4, -0.2) is 20.5 Å². The molecular weight excluding hydrogens is 276 g/mol. The number of hydrogen-bond donors (Lipinski definition) is 1. The van der Waals surface area contributed by atoms with E-state index in [1.165, 1.54) is 0 Å². The molecule has 1 aromatic carbocycles. The van der Waals surface area contributed by atoms with Crippen molar-refractivity contribution >= 4 is 22.4 Å². The van der Waals surface area contributed by atoms with Crippen molar-refractivity contribution in [3.05, 3.63) is 47.9 Å². The smallest absolute Gasteiger partial charge is 0.239 e. The van der Waals surface area contributed by atoms with E-state index in [1.807, 2.05) is 18.2 Å². The van der Waals surface area contributed by atoms with Crippen LogP contribution in [0.4, 0.5) is 5.69 Å². The van der Waals surface area contributed by atoms with Gasteiger partial charge in [-0.2, -0.15) is 0 Å². The highest BCUT2D eigenvalue weighted by Crippen LogP contribution is 2.11. The zero-order chi connectivity index (χ0) is 14.5. The molecule has 0 spiro atoms. The van der Waals surface area contributed by atoms with Gasteiger partial charge in [0.15, 0.2) is 0 Å². The Morgan fingerprint density at radius 1 is 1.40 bits per heavy atom. The first kappa shape index (κ1) is 14.5. The number of para-hydroxylation sites is 1. The quantitative estimate of drug-likeness (QED) is 0.917. The maximum Gasteiger partial charge on any atom is 0.239 e. The Morgan fingerprint density at radius 3 is 2.70 bits per heavy atom. The minimum Gasteiger partial charge on any atom is -0.361 e. The van der Waals surface area contributed by atoms with Crippen LogP contribution in [0.2, 0.25) is 0 Å². The molecule has 0 aliphatic carbocycles. The molecule has 5 nitrogen and oxygen atoms in total. The summed E-state index contributed by atoms with van der Waals surface area (Å²) in [6.07, 6.45) is 0. The summed E-state index contributed by atoms with van der Waals surface area (Å²) in [4.78, 5) is 12.0. The summed E-state index contributed by atoms with van der Waals surface area (Å²) in [6, 6.07) is 10.8. The first-order valence-electron chi connectivity index (χ1n) is 6.21. The van der Waals surface area contributed by atoms with Gasteiger partial charge in [0.05, 0.1) is 11.4 Å². The molecule has 2 atom stereocenters. The lowest BCUT2D eigenvalue weighted by molar-refractivity contribution is -0.115. The third kappa shape index (κ3) is 3.77. The molecule has 0 bridgehead atoms. The fourth-order valence-corrected chi connectivity index (χ4v) is 2.62. The Labute approximate surface area is 119 Å². The van der Waals surface area contributed by atoms with E-state index in [-0.39, 0.29) is 11.7 Å². The van der Waals surface area contributed by atoms with Gasteiger partial charge >= 0.3 is 0 Å². The Kier molecular flexibility index (Phi) is 4.68. The van der Waals surface area contributed by atoms with Gasteiger partial charge in [-0.05, 0) is 26.0 Å². The molecule has 0 radical (unpaired) electrons. The van der Waals surface area contributed by atoms with Crippen molar-refractivity contribution in [1.29, 1.82) is 0 Å². The van der Waals surface area contributed by atoms with E-state index in [9.17, 15) is 9.00 Å². The van der Waals surface area contributed by atoms with Gasteiger partial charge in [0.1, 0.15) is 11.0 Å². The molecule has 20 heavy (non-hydrogen) atoms. The van der Waals surface area contributed by atoms with Crippen molar-refractivity contribution in [1.82, 2.24) is 5.16 Å². The van der Waals surface area contributed by atoms with Crippen LogP contribution in [0.25, 0.3) is 0 Å². The molecule has 0 saturated carbocycles. The van der Waals surface area contributed by atoms with E-state index < -0.39 is 16.0 Å². The first-order valence-corrected chi connectivity index (χ1v) is 7.60. The number of anilines is 1. The van der Waals surface area contributed by atoms with E-state index >= 15 is 0 Å². The SMILES string of the molecule is Cc1cc(C[S@](=O)[C@H](C)C(=O)Nc2ccccc2)no1. The minimum absolute atomic E-state index is 0.209. The summed E-state index contributed by atoms with van der Waals surface area (Å²) in [5.74, 6) is 0.605. The molecule has 1 amide bonds. The van der Waals surface area contributed by atoms with Gasteiger partial charge in [-0.3, -0.25) is 9.00 Å². The zero-order valence-electron chi connectivity index (χ0n) is 11.3. The van der Waals surface area contributed by atoms with E-state index in [0.29, 0.717) is 17.1 Å². The molecule has 1 aromatic heterocycles. The summed E-state index contributed by atoms with van der Waals surface area (Å²) in [5.41, 5.74) is 1.29. The largest absolute Gasteiger partial charge is 0.361 e. The van der Waals surface area contributed by atoms with Crippen LogP contribution < -0.4 is 5.32 Å². The predicted molar refractivity (Wildman–Crippen MR) is 77.6 cm³/mol. The lowest BCUT2D eigenvalue weighted by Crippen LogP contribution is -2.29. The molecular formula is C14H16N2O3S. The van der Waals surface area contributed by atoms with Gasteiger partial charge in [-0.1, -0.05) is 23.4 Å². The maximum atomic E-state index is 12.1. The van der Waals surface area contributed by atoms with Crippen LogP contribution >= 0.6 is 0 Å². The Hall–Kier alpha value is -1.95. The third-order valence-electron chi connectivity index (χ3n) is 2.77. The van der Waals surface area contributed by atoms with E-state index in [0.717, 1.165) is 0 Å². The van der Waals surface area contributed by atoms with E-state index in [1.54, 1.807) is 32.0 Å². The zero-order valence-corrected chi connectivity index (χ0v) is 12.1. The van der Waals surface area contributed by atoms with E-state index in [4.69, 9.17) is 4.52 Å². The van der Waals surface area contributed by atoms with Crippen LogP contribution in [0.15, 0.2) is 40.9 Å². The molecule has 0 aliphatic heterocycles. The molecule has 0 aliphatic rings. The lowest BCUT2D eigenvalue weighted by Gasteiger charge is -2.11. The normalized spacial score (nSPS) is 13.7. The van der Waals surface area contributed by atoms with Gasteiger partial charge < -0.3 is 9.84 Å². The number of aromatic nitrogens is 1. The van der Waals surface area contributed by atoms with Crippen molar-refractivity contribution in [2.45, 2.75) is 24.9 Å². The van der Waals surface area contributed by atoms with Crippen LogP contribution in [0, 0.1) is 6.92 Å². The average molecular weight is 292 g/mol. The van der Waals surface area contributed by atoms with Crippen LogP contribution in [0.1, 0.15) is 18.4 Å². The number of amides is 1. The number of hydrogen-bond acceptors (Lipinski definition) is 4. The monoisotopic (exact) mass is 292 g/mol. The average Bonchev–Trinajstić information content (AvgIpc) is 2.84. The molecule has 1 N–H and O–H groups in total. The number of nitrogens with zero attached hydrogens (tertiary/aromatic N) is 1. The number of aryl methyl sites for hydroxylation is 1. The van der Waals surface area contributed by atoms with Gasteiger partial charge in [0.2, 0.25) is 5.91 Å². The third-order valence-corrected chi connectivity index (χ3v) is 4.35. The number of nitrogens with one attached hydrogen (secondary N) is 1. The highest BCUT2D eigenvalue weighted by Gasteiger charge is 2.21. The first-order chi connectivity index (χ1) is 9.56. The summed E-state index contributed by atoms with van der Waals surface area (Å²) < 4.78 is 17.0. The van der Waals surface area contributed by atoms with Gasteiger partial charge in [-0.25, -0.2) is 0 Å². The highest BCUT2D eigenvalue weighted by molar-refractivity contribution is 7.85. The molecule has 2 rings (SSSR count). The van der Waals surface area contributed by atoms with Crippen molar-refractivity contribution in [2.24, 2.45) is 0 Å². The van der Waals surface area contributed by atoms with Crippen molar-refractivity contribution in [2.75, 3.05) is 5.32 Å². The summed E-state index contributed by atoms with van der Waals surface area (Å²) >= 11 is 0. The molecule has 6 heteroatoms. The Morgan fingerprint density at radius 2 is 2.10 bits per heavy atom. The molecule has 0 unspecified atom stereocenters. The maximum absolute atomic E-state index is 12.1. The van der Waals surface area contributed by atoms with Gasteiger partial charge in [-0.15, -0.1) is 0 Å². The minimum atomic E-state index is -1.34. The molecule has 2 aromatic rings. The van der Waals surface area contributed by atoms with Crippen LogP contribution in [0.3, 0.4) is 0 Å². The molecule has 0 fully saturated rings. The van der Waals surface area contributed by atoms with Crippen molar-refractivity contribution in [3.63, 3.8) is 0 Å². The van der Waals surface area contributed by atoms with Gasteiger partial charge in [0, 0.05) is 22.6 Å². The Balaban J connectivity index is 1.94. The molecule has 0 saturated heterocycles. The summed E-state index contributed by atoms with van der Waals surface area (Å²) in [6.45, 7) is 3.41. The second-order valence-electron chi connectivity index (χ2n) is 4.45. The Bertz CT molecular complexity index is 610. The second-order valence-corrected chi connectivity index (χ2v) is 6.21.